The van der Waals surface area contributed by atoms with E-state index in [1.807, 2.05) is 0 Å². The molecule has 0 heterocycles. The third-order valence-corrected chi connectivity index (χ3v) is 3.51. The Kier molecular flexibility index (Phi) is 4.34. The topological polar surface area (TPSA) is 163 Å². The van der Waals surface area contributed by atoms with E-state index in [1.54, 1.807) is 0 Å². The molecule has 0 aromatic heterocycles. The van der Waals surface area contributed by atoms with Crippen LogP contribution in [0.4, 0.5) is 0 Å². The van der Waals surface area contributed by atoms with Crippen LogP contribution in [0.25, 0.3) is 0 Å². The molecule has 0 saturated carbocycles. The number of ketones is 2. The van der Waals surface area contributed by atoms with E-state index in [1.165, 1.54) is 0 Å². The molecular formula is C8H10O9S. The molecule has 0 bridgehead atoms. The molecule has 1 atom stereocenters. The van der Waals surface area contributed by atoms with Crippen molar-refractivity contribution in [2.45, 2.75) is 19.1 Å². The average Bonchev–Trinajstić information content (AvgIpc) is 2.08. The molecule has 0 aliphatic carbocycles. The van der Waals surface area contributed by atoms with Crippen LogP contribution in [-0.2, 0) is 29.3 Å². The SMILES string of the molecule is CC(=O)C(C(C)=O)(C(=O)O)C(C(=O)O)S(=O)(=O)O. The minimum atomic E-state index is -5.48. The van der Waals surface area contributed by atoms with Crippen LogP contribution < -0.4 is 0 Å². The van der Waals surface area contributed by atoms with Gasteiger partial charge in [0.1, 0.15) is 0 Å². The van der Waals surface area contributed by atoms with Crippen LogP contribution in [-0.4, -0.2) is 51.9 Å². The summed E-state index contributed by atoms with van der Waals surface area (Å²) in [5.74, 6) is -7.59. The van der Waals surface area contributed by atoms with Gasteiger partial charge in [0.2, 0.25) is 10.7 Å². The summed E-state index contributed by atoms with van der Waals surface area (Å²) in [5, 5.41) is 14.5. The van der Waals surface area contributed by atoms with Gasteiger partial charge in [-0.25, -0.2) is 0 Å². The smallest absolute Gasteiger partial charge is 0.326 e. The largest absolute Gasteiger partial charge is 0.480 e. The van der Waals surface area contributed by atoms with Crippen LogP contribution in [0.15, 0.2) is 0 Å². The summed E-state index contributed by atoms with van der Waals surface area (Å²) in [6, 6.07) is 0. The van der Waals surface area contributed by atoms with E-state index in [0.29, 0.717) is 13.8 Å². The number of aliphatic carboxylic acids is 2. The Balaban J connectivity index is 6.50. The lowest BCUT2D eigenvalue weighted by Gasteiger charge is -2.27. The van der Waals surface area contributed by atoms with Gasteiger partial charge >= 0.3 is 11.9 Å². The van der Waals surface area contributed by atoms with Gasteiger partial charge in [-0.3, -0.25) is 23.7 Å². The van der Waals surface area contributed by atoms with Gasteiger partial charge in [0.15, 0.2) is 11.6 Å². The van der Waals surface area contributed by atoms with Gasteiger partial charge in [-0.1, -0.05) is 0 Å². The van der Waals surface area contributed by atoms with Crippen molar-refractivity contribution in [3.8, 4) is 0 Å². The number of hydrogen-bond acceptors (Lipinski definition) is 6. The highest BCUT2D eigenvalue weighted by Gasteiger charge is 2.63. The predicted octanol–water partition coefficient (Wildman–Crippen LogP) is -1.42. The van der Waals surface area contributed by atoms with E-state index in [-0.39, 0.29) is 0 Å². The Bertz CT molecular complexity index is 479. The van der Waals surface area contributed by atoms with Crippen LogP contribution in [0.1, 0.15) is 13.8 Å². The standard InChI is InChI=1S/C8H10O9S/c1-3(9)8(4(2)10,7(13)14)5(6(11)12)18(15,16)17/h5H,1-2H3,(H,11,12)(H,13,14)(H,15,16,17). The third kappa shape index (κ3) is 2.38. The maximum Gasteiger partial charge on any atom is 0.326 e. The second-order valence-electron chi connectivity index (χ2n) is 3.46. The normalized spacial score (nSPS) is 13.7. The summed E-state index contributed by atoms with van der Waals surface area (Å²) in [4.78, 5) is 44.4. The van der Waals surface area contributed by atoms with E-state index in [9.17, 15) is 27.6 Å². The van der Waals surface area contributed by atoms with Crippen molar-refractivity contribution in [2.24, 2.45) is 5.41 Å². The third-order valence-electron chi connectivity index (χ3n) is 2.36. The molecule has 102 valence electrons. The van der Waals surface area contributed by atoms with E-state index in [2.05, 4.69) is 0 Å². The quantitative estimate of drug-likeness (QED) is 0.391. The number of hydrogen-bond donors (Lipinski definition) is 3. The Morgan fingerprint density at radius 2 is 1.33 bits per heavy atom. The molecule has 10 heteroatoms. The first-order valence-corrected chi connectivity index (χ1v) is 5.85. The summed E-state index contributed by atoms with van der Waals surface area (Å²) in [7, 11) is -5.48. The fourth-order valence-corrected chi connectivity index (χ4v) is 2.70. The number of rotatable bonds is 6. The summed E-state index contributed by atoms with van der Waals surface area (Å²) in [6.07, 6.45) is 0. The van der Waals surface area contributed by atoms with Crippen molar-refractivity contribution in [2.75, 3.05) is 0 Å². The minimum Gasteiger partial charge on any atom is -0.480 e. The molecule has 0 radical (unpaired) electrons. The lowest BCUT2D eigenvalue weighted by Crippen LogP contribution is -2.59. The second kappa shape index (κ2) is 4.82. The van der Waals surface area contributed by atoms with E-state index < -0.39 is 44.3 Å². The molecule has 0 aliphatic heterocycles. The zero-order valence-electron chi connectivity index (χ0n) is 9.28. The first-order valence-electron chi connectivity index (χ1n) is 4.34. The highest BCUT2D eigenvalue weighted by molar-refractivity contribution is 7.87. The van der Waals surface area contributed by atoms with Crippen LogP contribution in [0.2, 0.25) is 0 Å². The molecule has 0 aliphatic rings. The van der Waals surface area contributed by atoms with Gasteiger partial charge in [-0.15, -0.1) is 0 Å². The van der Waals surface area contributed by atoms with Crippen LogP contribution >= 0.6 is 0 Å². The van der Waals surface area contributed by atoms with E-state index >= 15 is 0 Å². The van der Waals surface area contributed by atoms with Crippen LogP contribution in [0.5, 0.6) is 0 Å². The second-order valence-corrected chi connectivity index (χ2v) is 4.96. The summed E-state index contributed by atoms with van der Waals surface area (Å²) >= 11 is 0. The highest BCUT2D eigenvalue weighted by atomic mass is 32.2. The molecule has 0 saturated heterocycles. The van der Waals surface area contributed by atoms with Crippen LogP contribution in [0, 0.1) is 5.41 Å². The van der Waals surface area contributed by atoms with Crippen molar-refractivity contribution >= 4 is 33.6 Å². The molecule has 0 aromatic carbocycles. The van der Waals surface area contributed by atoms with Gasteiger partial charge in [-0.05, 0) is 13.8 Å². The number of Topliss-reactive ketones (excluding diaryl/α,β-unsaturated/α-hetero) is 2. The van der Waals surface area contributed by atoms with E-state index in [4.69, 9.17) is 14.8 Å². The number of carboxylic acid groups (broad SMARTS) is 2. The Morgan fingerprint density at radius 1 is 1.00 bits per heavy atom. The lowest BCUT2D eigenvalue weighted by molar-refractivity contribution is -0.163. The monoisotopic (exact) mass is 282 g/mol. The molecule has 0 rings (SSSR count). The Hall–Kier alpha value is -1.81. The predicted molar refractivity (Wildman–Crippen MR) is 54.4 cm³/mol. The summed E-state index contributed by atoms with van der Waals surface area (Å²) < 4.78 is 30.6. The number of carboxylic acids is 2. The number of carbonyl (C=O) groups excluding carboxylic acids is 2. The van der Waals surface area contributed by atoms with E-state index in [0.717, 1.165) is 0 Å². The van der Waals surface area contributed by atoms with Crippen molar-refractivity contribution in [3.63, 3.8) is 0 Å². The molecule has 3 N–H and O–H groups in total. The molecule has 0 aromatic rings. The molecule has 0 spiro atoms. The zero-order valence-corrected chi connectivity index (χ0v) is 10.1. The summed E-state index contributed by atoms with van der Waals surface area (Å²) in [5.41, 5.74) is -3.38. The summed E-state index contributed by atoms with van der Waals surface area (Å²) in [6.45, 7) is 1.10. The molecular weight excluding hydrogens is 272 g/mol. The Morgan fingerprint density at radius 3 is 1.39 bits per heavy atom. The van der Waals surface area contributed by atoms with Gasteiger partial charge in [0, 0.05) is 0 Å². The van der Waals surface area contributed by atoms with Gasteiger partial charge in [0.05, 0.1) is 0 Å². The van der Waals surface area contributed by atoms with Crippen molar-refractivity contribution in [1.29, 1.82) is 0 Å². The molecule has 1 unspecified atom stereocenters. The molecule has 9 nitrogen and oxygen atoms in total. The molecule has 0 fully saturated rings. The maximum atomic E-state index is 11.3. The molecule has 18 heavy (non-hydrogen) atoms. The average molecular weight is 282 g/mol. The first kappa shape index (κ1) is 16.2. The van der Waals surface area contributed by atoms with Gasteiger partial charge < -0.3 is 10.2 Å². The van der Waals surface area contributed by atoms with Crippen LogP contribution in [0.3, 0.4) is 0 Å². The maximum absolute atomic E-state index is 11.3. The molecule has 0 amide bonds. The minimum absolute atomic E-state index is 0.552. The van der Waals surface area contributed by atoms with Crippen molar-refractivity contribution in [3.05, 3.63) is 0 Å². The van der Waals surface area contributed by atoms with Crippen molar-refractivity contribution < 1.29 is 42.4 Å². The fraction of sp³-hybridized carbons (Fsp3) is 0.500. The van der Waals surface area contributed by atoms with Gasteiger partial charge in [0.25, 0.3) is 10.1 Å². The first-order chi connectivity index (χ1) is 7.90. The number of carbonyl (C=O) groups is 4. The van der Waals surface area contributed by atoms with Gasteiger partial charge in [-0.2, -0.15) is 8.42 Å². The lowest BCUT2D eigenvalue weighted by atomic mass is 9.77. The fourth-order valence-electron chi connectivity index (χ4n) is 1.57. The Labute approximate surface area is 101 Å². The highest BCUT2D eigenvalue weighted by Crippen LogP contribution is 2.30. The zero-order chi connectivity index (χ0) is 14.9. The van der Waals surface area contributed by atoms with Crippen molar-refractivity contribution in [1.82, 2.24) is 0 Å².